The number of carbonyl (C=O) groups excluding carboxylic acids is 2. The first-order chi connectivity index (χ1) is 16.2. The number of hydrogen-bond donors (Lipinski definition) is 2. The Morgan fingerprint density at radius 1 is 1.06 bits per heavy atom. The second-order valence-corrected chi connectivity index (χ2v) is 9.44. The number of aryl methyl sites for hydroxylation is 1. The van der Waals surface area contributed by atoms with Crippen molar-refractivity contribution in [2.45, 2.75) is 38.2 Å². The van der Waals surface area contributed by atoms with E-state index in [4.69, 9.17) is 0 Å². The van der Waals surface area contributed by atoms with Crippen LogP contribution in [0.5, 0.6) is 0 Å². The minimum absolute atomic E-state index is 0.00570. The van der Waals surface area contributed by atoms with Crippen molar-refractivity contribution in [3.05, 3.63) is 56.3 Å². The highest BCUT2D eigenvalue weighted by molar-refractivity contribution is 9.10. The lowest BCUT2D eigenvalue weighted by Crippen LogP contribution is -2.27. The van der Waals surface area contributed by atoms with Gasteiger partial charge in [-0.15, -0.1) is 11.3 Å². The van der Waals surface area contributed by atoms with E-state index in [2.05, 4.69) is 36.6 Å². The first kappa shape index (κ1) is 25.2. The summed E-state index contributed by atoms with van der Waals surface area (Å²) in [5.41, 5.74) is -3.03. The van der Waals surface area contributed by atoms with Crippen LogP contribution in [0, 0.1) is 6.92 Å². The molecule has 0 saturated heterocycles. The van der Waals surface area contributed by atoms with Crippen LogP contribution in [0.2, 0.25) is 0 Å². The minimum atomic E-state index is -4.98. The van der Waals surface area contributed by atoms with Gasteiger partial charge in [0.05, 0.1) is 11.3 Å². The number of amides is 2. The average molecular weight is 582 g/mol. The fourth-order valence-corrected chi connectivity index (χ4v) is 4.44. The van der Waals surface area contributed by atoms with Crippen LogP contribution in [0.15, 0.2) is 28.1 Å². The molecule has 0 bridgehead atoms. The number of carbonyl (C=O) groups is 2. The van der Waals surface area contributed by atoms with E-state index in [0.717, 1.165) is 12.8 Å². The Kier molecular flexibility index (Phi) is 6.42. The van der Waals surface area contributed by atoms with Crippen molar-refractivity contribution >= 4 is 44.8 Å². The Bertz CT molecular complexity index is 1310. The number of thiazole rings is 1. The average Bonchev–Trinajstić information content (AvgIpc) is 3.23. The van der Waals surface area contributed by atoms with Crippen molar-refractivity contribution in [2.24, 2.45) is 0 Å². The fourth-order valence-electron chi connectivity index (χ4n) is 3.08. The number of benzene rings is 1. The van der Waals surface area contributed by atoms with E-state index in [0.29, 0.717) is 37.5 Å². The van der Waals surface area contributed by atoms with Gasteiger partial charge in [0.2, 0.25) is 5.13 Å². The summed E-state index contributed by atoms with van der Waals surface area (Å²) >= 11 is 3.63. The molecule has 0 unspecified atom stereocenters. The van der Waals surface area contributed by atoms with E-state index >= 15 is 0 Å². The maximum absolute atomic E-state index is 13.3. The van der Waals surface area contributed by atoms with Gasteiger partial charge >= 0.3 is 12.4 Å². The van der Waals surface area contributed by atoms with Gasteiger partial charge in [0.15, 0.2) is 11.4 Å². The number of aromatic nitrogens is 3. The molecule has 0 radical (unpaired) electrons. The summed E-state index contributed by atoms with van der Waals surface area (Å²) in [6.07, 6.45) is -8.22. The van der Waals surface area contributed by atoms with E-state index in [1.807, 2.05) is 0 Å². The molecule has 1 aliphatic carbocycles. The number of nitrogens with zero attached hydrogens (tertiary/aromatic N) is 3. The highest BCUT2D eigenvalue weighted by Gasteiger charge is 2.38. The predicted molar refractivity (Wildman–Crippen MR) is 117 cm³/mol. The molecule has 1 saturated carbocycles. The number of alkyl halides is 6. The molecule has 1 fully saturated rings. The molecule has 15 heteroatoms. The molecule has 0 aliphatic heterocycles. The molecular formula is C20H14BrF6N5O2S. The van der Waals surface area contributed by atoms with Gasteiger partial charge in [-0.3, -0.25) is 9.59 Å². The van der Waals surface area contributed by atoms with E-state index in [1.54, 1.807) is 13.0 Å². The van der Waals surface area contributed by atoms with Gasteiger partial charge in [0, 0.05) is 22.0 Å². The number of rotatable bonds is 5. The maximum atomic E-state index is 13.3. The second kappa shape index (κ2) is 8.93. The zero-order valence-electron chi connectivity index (χ0n) is 17.5. The molecule has 4 rings (SSSR count). The van der Waals surface area contributed by atoms with Crippen LogP contribution in [0.25, 0.3) is 5.13 Å². The zero-order valence-corrected chi connectivity index (χ0v) is 19.9. The van der Waals surface area contributed by atoms with Gasteiger partial charge in [-0.2, -0.15) is 36.1 Å². The van der Waals surface area contributed by atoms with Gasteiger partial charge in [-0.05, 0) is 37.5 Å². The summed E-state index contributed by atoms with van der Waals surface area (Å²) in [5, 5.41) is 8.47. The topological polar surface area (TPSA) is 88.9 Å². The van der Waals surface area contributed by atoms with Crippen LogP contribution >= 0.6 is 27.3 Å². The van der Waals surface area contributed by atoms with Crippen LogP contribution in [0.1, 0.15) is 50.6 Å². The summed E-state index contributed by atoms with van der Waals surface area (Å²) < 4.78 is 79.8. The minimum Gasteiger partial charge on any atom is -0.349 e. The van der Waals surface area contributed by atoms with Crippen molar-refractivity contribution in [1.29, 1.82) is 0 Å². The van der Waals surface area contributed by atoms with Crippen LogP contribution in [-0.4, -0.2) is 32.6 Å². The predicted octanol–water partition coefficient (Wildman–Crippen LogP) is 5.58. The van der Waals surface area contributed by atoms with Gasteiger partial charge in [-0.1, -0.05) is 15.9 Å². The Morgan fingerprint density at radius 2 is 1.71 bits per heavy atom. The molecule has 7 nitrogen and oxygen atoms in total. The first-order valence-corrected chi connectivity index (χ1v) is 11.5. The lowest BCUT2D eigenvalue weighted by molar-refractivity contribution is -0.142. The third-order valence-electron chi connectivity index (χ3n) is 4.89. The number of anilines is 1. The van der Waals surface area contributed by atoms with Crippen molar-refractivity contribution in [1.82, 2.24) is 20.1 Å². The fraction of sp³-hybridized carbons (Fsp3) is 0.300. The van der Waals surface area contributed by atoms with Crippen molar-refractivity contribution in [3.63, 3.8) is 0 Å². The highest BCUT2D eigenvalue weighted by Crippen LogP contribution is 2.34. The lowest BCUT2D eigenvalue weighted by Gasteiger charge is -2.15. The number of hydrogen-bond acceptors (Lipinski definition) is 5. The number of nitrogens with one attached hydrogen (secondary N) is 2. The van der Waals surface area contributed by atoms with E-state index in [9.17, 15) is 35.9 Å². The lowest BCUT2D eigenvalue weighted by atomic mass is 10.1. The smallest absolute Gasteiger partial charge is 0.349 e. The third kappa shape index (κ3) is 5.50. The first-order valence-electron chi connectivity index (χ1n) is 9.86. The van der Waals surface area contributed by atoms with Gasteiger partial charge in [-0.25, -0.2) is 4.98 Å². The molecule has 2 amide bonds. The molecule has 186 valence electrons. The van der Waals surface area contributed by atoms with Gasteiger partial charge in [0.25, 0.3) is 11.8 Å². The molecule has 2 aromatic heterocycles. The molecule has 2 N–H and O–H groups in total. The van der Waals surface area contributed by atoms with E-state index in [1.165, 1.54) is 6.07 Å². The molecule has 2 heterocycles. The summed E-state index contributed by atoms with van der Waals surface area (Å²) in [7, 11) is 0. The normalized spacial score (nSPS) is 14.2. The SMILES string of the molecule is Cc1cc(Br)cc(C(=O)NC2CC2)c1NC(=O)c1cc(C(F)(F)F)nn1-c1nc(C(F)(F)F)cs1. The molecule has 0 atom stereocenters. The van der Waals surface area contributed by atoms with Crippen molar-refractivity contribution < 1.29 is 35.9 Å². The van der Waals surface area contributed by atoms with Crippen LogP contribution in [0.3, 0.4) is 0 Å². The number of halogens is 7. The molecule has 3 aromatic rings. The maximum Gasteiger partial charge on any atom is 0.435 e. The molecule has 35 heavy (non-hydrogen) atoms. The molecular weight excluding hydrogens is 568 g/mol. The summed E-state index contributed by atoms with van der Waals surface area (Å²) in [6, 6.07) is 3.42. The Hall–Kier alpha value is -2.94. The van der Waals surface area contributed by atoms with Gasteiger partial charge in [0.1, 0.15) is 5.69 Å². The van der Waals surface area contributed by atoms with Crippen LogP contribution in [0.4, 0.5) is 32.0 Å². The Morgan fingerprint density at radius 3 is 2.29 bits per heavy atom. The summed E-state index contributed by atoms with van der Waals surface area (Å²) in [6.45, 7) is 1.57. The zero-order chi connectivity index (χ0) is 25.7. The van der Waals surface area contributed by atoms with E-state index in [-0.39, 0.29) is 17.3 Å². The summed E-state index contributed by atoms with van der Waals surface area (Å²) in [4.78, 5) is 29.1. The molecule has 1 aromatic carbocycles. The van der Waals surface area contributed by atoms with E-state index < -0.39 is 46.4 Å². The Labute approximate surface area is 205 Å². The molecule has 1 aliphatic rings. The van der Waals surface area contributed by atoms with Crippen LogP contribution in [-0.2, 0) is 12.4 Å². The van der Waals surface area contributed by atoms with Crippen molar-refractivity contribution in [2.75, 3.05) is 5.32 Å². The largest absolute Gasteiger partial charge is 0.435 e. The quantitative estimate of drug-likeness (QED) is 0.385. The van der Waals surface area contributed by atoms with Gasteiger partial charge < -0.3 is 10.6 Å². The second-order valence-electron chi connectivity index (χ2n) is 7.68. The standard InChI is InChI=1S/C20H14BrF6N5O2S/c1-8-4-9(21)5-11(16(33)28-10-2-3-10)15(8)30-17(34)12-6-13(19(22,23)24)31-32(12)18-29-14(7-35-18)20(25,26)27/h4-7,10H,2-3H2,1H3,(H,28,33)(H,30,34). The van der Waals surface area contributed by atoms with Crippen molar-refractivity contribution in [3.8, 4) is 5.13 Å². The monoisotopic (exact) mass is 581 g/mol. The van der Waals surface area contributed by atoms with Crippen LogP contribution < -0.4 is 10.6 Å². The highest BCUT2D eigenvalue weighted by atomic mass is 79.9. The summed E-state index contributed by atoms with van der Waals surface area (Å²) in [5.74, 6) is -1.62. The molecule has 0 spiro atoms. The Balaban J connectivity index is 1.74. The third-order valence-corrected chi connectivity index (χ3v) is 6.17.